The van der Waals surface area contributed by atoms with E-state index in [1.807, 2.05) is 0 Å². The Balaban J connectivity index is 3.03. The van der Waals surface area contributed by atoms with Crippen LogP contribution in [0.15, 0.2) is 18.2 Å². The number of hydrogen-bond donors (Lipinski definition) is 1. The van der Waals surface area contributed by atoms with Crippen molar-refractivity contribution in [3.8, 4) is 0 Å². The molecule has 0 aliphatic rings. The number of aryl methyl sites for hydroxylation is 1. The van der Waals surface area contributed by atoms with Gasteiger partial charge in [0.2, 0.25) is 0 Å². The minimum Gasteiger partial charge on any atom is -0.478 e. The highest BCUT2D eigenvalue weighted by Gasteiger charge is 2.21. The molecule has 1 aromatic carbocycles. The molecule has 0 saturated heterocycles. The number of carboxylic acid groups (broad SMARTS) is 1. The Bertz CT molecular complexity index is 450. The number of carbonyl (C=O) groups excluding carboxylic acids is 1. The smallest absolute Gasteiger partial charge is 0.343 e. The van der Waals surface area contributed by atoms with Crippen LogP contribution in [0.4, 0.5) is 0 Å². The second-order valence-corrected chi connectivity index (χ2v) is 3.52. The summed E-state index contributed by atoms with van der Waals surface area (Å²) in [6.45, 7) is 0.576. The van der Waals surface area contributed by atoms with Crippen molar-refractivity contribution in [1.29, 1.82) is 0 Å². The third kappa shape index (κ3) is 3.28. The Morgan fingerprint density at radius 3 is 2.28 bits per heavy atom. The van der Waals surface area contributed by atoms with Crippen molar-refractivity contribution in [2.45, 2.75) is 13.4 Å². The number of aromatic carboxylic acids is 1. The van der Waals surface area contributed by atoms with E-state index >= 15 is 0 Å². The zero-order valence-electron chi connectivity index (χ0n) is 10.3. The van der Waals surface area contributed by atoms with Gasteiger partial charge in [0.1, 0.15) is 0 Å². The fourth-order valence-corrected chi connectivity index (χ4v) is 1.36. The van der Waals surface area contributed by atoms with Gasteiger partial charge in [-0.2, -0.15) is 0 Å². The van der Waals surface area contributed by atoms with Crippen LogP contribution in [0.1, 0.15) is 26.3 Å². The van der Waals surface area contributed by atoms with Crippen LogP contribution in [0.5, 0.6) is 0 Å². The van der Waals surface area contributed by atoms with Gasteiger partial charge in [0.15, 0.2) is 0 Å². The summed E-state index contributed by atoms with van der Waals surface area (Å²) >= 11 is 0. The molecule has 0 unspecified atom stereocenters. The molecule has 0 heterocycles. The lowest BCUT2D eigenvalue weighted by atomic mass is 10.0. The van der Waals surface area contributed by atoms with Gasteiger partial charge in [0, 0.05) is 14.2 Å². The fraction of sp³-hybridized carbons (Fsp3) is 0.333. The molecule has 1 aromatic rings. The highest BCUT2D eigenvalue weighted by molar-refractivity contribution is 6.02. The molecule has 6 nitrogen and oxygen atoms in total. The van der Waals surface area contributed by atoms with E-state index in [1.54, 1.807) is 13.0 Å². The zero-order chi connectivity index (χ0) is 13.7. The molecule has 0 amide bonds. The van der Waals surface area contributed by atoms with E-state index in [9.17, 15) is 9.59 Å². The second-order valence-electron chi connectivity index (χ2n) is 3.52. The molecule has 0 fully saturated rings. The number of hydrogen-bond acceptors (Lipinski definition) is 5. The van der Waals surface area contributed by atoms with Crippen LogP contribution in [0.25, 0.3) is 0 Å². The van der Waals surface area contributed by atoms with E-state index < -0.39 is 18.4 Å². The SMILES string of the molecule is COC(OC)OC(=O)c1cc(C)ccc1C(=O)O. The lowest BCUT2D eigenvalue weighted by Crippen LogP contribution is -2.23. The van der Waals surface area contributed by atoms with Gasteiger partial charge in [-0.25, -0.2) is 9.59 Å². The lowest BCUT2D eigenvalue weighted by Gasteiger charge is -2.14. The Morgan fingerprint density at radius 1 is 1.17 bits per heavy atom. The third-order valence-corrected chi connectivity index (χ3v) is 2.21. The average molecular weight is 254 g/mol. The first kappa shape index (κ1) is 14.1. The van der Waals surface area contributed by atoms with Gasteiger partial charge < -0.3 is 19.3 Å². The molecule has 0 radical (unpaired) electrons. The fourth-order valence-electron chi connectivity index (χ4n) is 1.36. The number of rotatable bonds is 5. The van der Waals surface area contributed by atoms with Crippen molar-refractivity contribution in [3.05, 3.63) is 34.9 Å². The Morgan fingerprint density at radius 2 is 1.78 bits per heavy atom. The highest BCUT2D eigenvalue weighted by Crippen LogP contribution is 2.14. The van der Waals surface area contributed by atoms with Crippen molar-refractivity contribution in [3.63, 3.8) is 0 Å². The number of benzene rings is 1. The van der Waals surface area contributed by atoms with Crippen LogP contribution < -0.4 is 0 Å². The third-order valence-electron chi connectivity index (χ3n) is 2.21. The molecule has 0 atom stereocenters. The topological polar surface area (TPSA) is 82.1 Å². The summed E-state index contributed by atoms with van der Waals surface area (Å²) in [5.41, 5.74) is 0.580. The second kappa shape index (κ2) is 6.13. The van der Waals surface area contributed by atoms with E-state index in [1.165, 1.54) is 26.4 Å². The maximum absolute atomic E-state index is 11.8. The van der Waals surface area contributed by atoms with Gasteiger partial charge in [0.25, 0.3) is 0 Å². The summed E-state index contributed by atoms with van der Waals surface area (Å²) < 4.78 is 14.3. The van der Waals surface area contributed by atoms with E-state index in [0.717, 1.165) is 5.56 Å². The van der Waals surface area contributed by atoms with Crippen molar-refractivity contribution < 1.29 is 28.9 Å². The van der Waals surface area contributed by atoms with Crippen LogP contribution in [-0.4, -0.2) is 37.7 Å². The van der Waals surface area contributed by atoms with E-state index in [2.05, 4.69) is 0 Å². The Hall–Kier alpha value is -1.92. The summed E-state index contributed by atoms with van der Waals surface area (Å²) in [5.74, 6) is -2.02. The molecule has 18 heavy (non-hydrogen) atoms. The van der Waals surface area contributed by atoms with E-state index in [4.69, 9.17) is 19.3 Å². The number of carbonyl (C=O) groups is 2. The monoisotopic (exact) mass is 254 g/mol. The maximum atomic E-state index is 11.8. The molecule has 0 aliphatic carbocycles. The first-order chi connectivity index (χ1) is 8.49. The van der Waals surface area contributed by atoms with Crippen molar-refractivity contribution in [2.75, 3.05) is 14.2 Å². The molecule has 0 aliphatic heterocycles. The number of carboxylic acids is 1. The van der Waals surface area contributed by atoms with E-state index in [0.29, 0.717) is 0 Å². The standard InChI is InChI=1S/C12H14O6/c1-7-4-5-8(10(13)14)9(6-7)11(15)18-12(16-2)17-3/h4-6,12H,1-3H3,(H,13,14). The predicted molar refractivity (Wildman–Crippen MR) is 61.4 cm³/mol. The molecule has 0 saturated carbocycles. The summed E-state index contributed by atoms with van der Waals surface area (Å²) in [7, 11) is 2.60. The van der Waals surface area contributed by atoms with Gasteiger partial charge >= 0.3 is 18.4 Å². The largest absolute Gasteiger partial charge is 0.478 e. The van der Waals surface area contributed by atoms with Crippen LogP contribution in [0.3, 0.4) is 0 Å². The van der Waals surface area contributed by atoms with Crippen molar-refractivity contribution in [2.24, 2.45) is 0 Å². The Labute approximate surface area is 104 Å². The van der Waals surface area contributed by atoms with Crippen LogP contribution in [0.2, 0.25) is 0 Å². The minimum atomic E-state index is -1.20. The van der Waals surface area contributed by atoms with Crippen molar-refractivity contribution >= 4 is 11.9 Å². The quantitative estimate of drug-likeness (QED) is 0.632. The zero-order valence-corrected chi connectivity index (χ0v) is 10.3. The van der Waals surface area contributed by atoms with Gasteiger partial charge in [0.05, 0.1) is 11.1 Å². The minimum absolute atomic E-state index is 0.0402. The van der Waals surface area contributed by atoms with Crippen LogP contribution in [-0.2, 0) is 14.2 Å². The molecule has 6 heteroatoms. The number of ether oxygens (including phenoxy) is 3. The first-order valence-electron chi connectivity index (χ1n) is 5.10. The summed E-state index contributed by atoms with van der Waals surface area (Å²) in [5, 5.41) is 8.98. The van der Waals surface area contributed by atoms with Crippen LogP contribution in [0, 0.1) is 6.92 Å². The van der Waals surface area contributed by atoms with Gasteiger partial charge in [-0.1, -0.05) is 11.6 Å². The number of methoxy groups -OCH3 is 2. The van der Waals surface area contributed by atoms with Crippen LogP contribution >= 0.6 is 0 Å². The molecule has 0 aromatic heterocycles. The summed E-state index contributed by atoms with van der Waals surface area (Å²) in [4.78, 5) is 22.8. The van der Waals surface area contributed by atoms with E-state index in [-0.39, 0.29) is 11.1 Å². The molecule has 1 N–H and O–H groups in total. The number of esters is 1. The Kier molecular flexibility index (Phi) is 4.82. The molecule has 1 rings (SSSR count). The normalized spacial score (nSPS) is 10.4. The summed E-state index contributed by atoms with van der Waals surface area (Å²) in [6, 6.07) is 4.39. The molecule has 0 bridgehead atoms. The predicted octanol–water partition coefficient (Wildman–Crippen LogP) is 1.43. The van der Waals surface area contributed by atoms with Gasteiger partial charge in [-0.05, 0) is 19.1 Å². The highest BCUT2D eigenvalue weighted by atomic mass is 16.8. The molecule has 98 valence electrons. The molecular formula is C12H14O6. The van der Waals surface area contributed by atoms with Gasteiger partial charge in [-0.15, -0.1) is 0 Å². The summed E-state index contributed by atoms with van der Waals surface area (Å²) in [6.07, 6.45) is 0. The van der Waals surface area contributed by atoms with Crippen molar-refractivity contribution in [1.82, 2.24) is 0 Å². The average Bonchev–Trinajstić information content (AvgIpc) is 2.35. The lowest BCUT2D eigenvalue weighted by molar-refractivity contribution is -0.235. The maximum Gasteiger partial charge on any atom is 0.343 e. The van der Waals surface area contributed by atoms with Gasteiger partial charge in [-0.3, -0.25) is 0 Å². The molecular weight excluding hydrogens is 240 g/mol. The molecule has 0 spiro atoms. The first-order valence-corrected chi connectivity index (χ1v) is 5.10.